The Morgan fingerprint density at radius 3 is 2.94 bits per heavy atom. The molecule has 0 N–H and O–H groups in total. The lowest BCUT2D eigenvalue weighted by Crippen LogP contribution is -2.03. The quantitative estimate of drug-likeness (QED) is 0.673. The summed E-state index contributed by atoms with van der Waals surface area (Å²) in [6.07, 6.45) is 9.31. The SMILES string of the molecule is C=CC(=C)C1=CC=CCc2ccccc2SC1C. The molecule has 1 aliphatic rings. The fourth-order valence-corrected chi connectivity index (χ4v) is 3.23. The lowest BCUT2D eigenvalue weighted by molar-refractivity contribution is 1.13. The van der Waals surface area contributed by atoms with E-state index in [-0.39, 0.29) is 0 Å². The van der Waals surface area contributed by atoms with Gasteiger partial charge in [0.05, 0.1) is 0 Å². The Kier molecular flexibility index (Phi) is 4.27. The molecule has 0 radical (unpaired) electrons. The van der Waals surface area contributed by atoms with Crippen LogP contribution in [0.2, 0.25) is 0 Å². The number of rotatable bonds is 2. The van der Waals surface area contributed by atoms with E-state index >= 15 is 0 Å². The maximum Gasteiger partial charge on any atom is 0.0322 e. The van der Waals surface area contributed by atoms with E-state index < -0.39 is 0 Å². The third-order valence-corrected chi connectivity index (χ3v) is 4.34. The van der Waals surface area contributed by atoms with Gasteiger partial charge in [0, 0.05) is 10.1 Å². The highest BCUT2D eigenvalue weighted by Crippen LogP contribution is 2.34. The van der Waals surface area contributed by atoms with Gasteiger partial charge in [-0.2, -0.15) is 0 Å². The molecule has 1 aliphatic heterocycles. The number of fused-ring (bicyclic) bond motifs is 1. The molecule has 0 bridgehead atoms. The van der Waals surface area contributed by atoms with Crippen molar-refractivity contribution < 1.29 is 0 Å². The van der Waals surface area contributed by atoms with Gasteiger partial charge in [-0.15, -0.1) is 11.8 Å². The molecule has 92 valence electrons. The van der Waals surface area contributed by atoms with Gasteiger partial charge < -0.3 is 0 Å². The first-order valence-electron chi connectivity index (χ1n) is 6.15. The molecule has 0 aromatic heterocycles. The Morgan fingerprint density at radius 1 is 1.39 bits per heavy atom. The predicted octanol–water partition coefficient (Wildman–Crippen LogP) is 4.95. The maximum absolute atomic E-state index is 4.07. The van der Waals surface area contributed by atoms with Crippen LogP contribution in [-0.4, -0.2) is 5.25 Å². The summed E-state index contributed by atoms with van der Waals surface area (Å²) in [5.41, 5.74) is 3.66. The van der Waals surface area contributed by atoms with E-state index in [2.05, 4.69) is 62.6 Å². The first kappa shape index (κ1) is 13.0. The van der Waals surface area contributed by atoms with Crippen molar-refractivity contribution in [1.82, 2.24) is 0 Å². The monoisotopic (exact) mass is 254 g/mol. The van der Waals surface area contributed by atoms with Gasteiger partial charge in [-0.25, -0.2) is 0 Å². The smallest absolute Gasteiger partial charge is 0.0322 e. The number of thioether (sulfide) groups is 1. The van der Waals surface area contributed by atoms with Crippen LogP contribution in [0.15, 0.2) is 77.8 Å². The van der Waals surface area contributed by atoms with Gasteiger partial charge in [-0.3, -0.25) is 0 Å². The molecular formula is C17H18S. The summed E-state index contributed by atoms with van der Waals surface area (Å²) in [6.45, 7) is 10.1. The molecule has 1 unspecified atom stereocenters. The topological polar surface area (TPSA) is 0 Å². The third kappa shape index (κ3) is 2.85. The van der Waals surface area contributed by atoms with E-state index in [1.54, 1.807) is 0 Å². The number of hydrogen-bond donors (Lipinski definition) is 0. The highest BCUT2D eigenvalue weighted by molar-refractivity contribution is 8.00. The van der Waals surface area contributed by atoms with Gasteiger partial charge in [0.25, 0.3) is 0 Å². The zero-order valence-electron chi connectivity index (χ0n) is 10.7. The second kappa shape index (κ2) is 5.92. The molecule has 0 fully saturated rings. The van der Waals surface area contributed by atoms with E-state index in [0.717, 1.165) is 12.0 Å². The molecule has 1 aromatic rings. The van der Waals surface area contributed by atoms with Crippen molar-refractivity contribution in [2.24, 2.45) is 0 Å². The van der Waals surface area contributed by atoms with Crippen LogP contribution in [0.1, 0.15) is 12.5 Å². The van der Waals surface area contributed by atoms with E-state index in [1.165, 1.54) is 16.0 Å². The van der Waals surface area contributed by atoms with Crippen molar-refractivity contribution in [3.05, 3.63) is 78.4 Å². The van der Waals surface area contributed by atoms with Gasteiger partial charge in [-0.1, -0.05) is 55.7 Å². The average Bonchev–Trinajstić information content (AvgIpc) is 2.46. The van der Waals surface area contributed by atoms with Crippen molar-refractivity contribution in [2.45, 2.75) is 23.5 Å². The second-order valence-corrected chi connectivity index (χ2v) is 5.73. The lowest BCUT2D eigenvalue weighted by atomic mass is 10.0. The Balaban J connectivity index is 2.37. The Labute approximate surface area is 114 Å². The molecule has 1 heteroatoms. The van der Waals surface area contributed by atoms with Crippen LogP contribution in [0.4, 0.5) is 0 Å². The van der Waals surface area contributed by atoms with Crippen molar-refractivity contribution in [3.63, 3.8) is 0 Å². The van der Waals surface area contributed by atoms with Crippen molar-refractivity contribution in [2.75, 3.05) is 0 Å². The van der Waals surface area contributed by atoms with Crippen LogP contribution in [0.5, 0.6) is 0 Å². The van der Waals surface area contributed by atoms with Gasteiger partial charge in [0.15, 0.2) is 0 Å². The standard InChI is InChI=1S/C17H18S/c1-4-13(2)16-11-7-5-9-15-10-6-8-12-17(15)18-14(16)3/h4-8,10-12,14H,1-2,9H2,3H3. The Bertz CT molecular complexity index is 520. The van der Waals surface area contributed by atoms with Gasteiger partial charge in [0.1, 0.15) is 0 Å². The van der Waals surface area contributed by atoms with Gasteiger partial charge >= 0.3 is 0 Å². The minimum Gasteiger partial charge on any atom is -0.118 e. The molecule has 1 aromatic carbocycles. The largest absolute Gasteiger partial charge is 0.118 e. The Hall–Kier alpha value is -1.47. The van der Waals surface area contributed by atoms with Crippen LogP contribution in [0, 0.1) is 0 Å². The minimum atomic E-state index is 0.388. The zero-order chi connectivity index (χ0) is 13.0. The van der Waals surface area contributed by atoms with E-state index in [4.69, 9.17) is 0 Å². The van der Waals surface area contributed by atoms with Gasteiger partial charge in [-0.05, 0) is 36.1 Å². The summed E-state index contributed by atoms with van der Waals surface area (Å²) in [5, 5.41) is 0.388. The highest BCUT2D eigenvalue weighted by atomic mass is 32.2. The molecule has 0 nitrogen and oxygen atoms in total. The molecule has 0 saturated carbocycles. The average molecular weight is 254 g/mol. The van der Waals surface area contributed by atoms with E-state index in [1.807, 2.05) is 17.8 Å². The van der Waals surface area contributed by atoms with E-state index in [9.17, 15) is 0 Å². The fourth-order valence-electron chi connectivity index (χ4n) is 2.03. The molecular weight excluding hydrogens is 236 g/mol. The minimum absolute atomic E-state index is 0.388. The first-order chi connectivity index (χ1) is 8.72. The Morgan fingerprint density at radius 2 is 2.17 bits per heavy atom. The fraction of sp³-hybridized carbons (Fsp3) is 0.176. The predicted molar refractivity (Wildman–Crippen MR) is 82.0 cm³/mol. The van der Waals surface area contributed by atoms with Crippen molar-refractivity contribution in [1.29, 1.82) is 0 Å². The number of benzene rings is 1. The lowest BCUT2D eigenvalue weighted by Gasteiger charge is -2.16. The highest BCUT2D eigenvalue weighted by Gasteiger charge is 2.14. The molecule has 2 rings (SSSR count). The molecule has 18 heavy (non-hydrogen) atoms. The van der Waals surface area contributed by atoms with Crippen molar-refractivity contribution >= 4 is 11.8 Å². The second-order valence-electron chi connectivity index (χ2n) is 4.35. The summed E-state index contributed by atoms with van der Waals surface area (Å²) in [6, 6.07) is 8.61. The maximum atomic E-state index is 4.07. The van der Waals surface area contributed by atoms with Crippen LogP contribution >= 0.6 is 11.8 Å². The summed E-state index contributed by atoms with van der Waals surface area (Å²) < 4.78 is 0. The number of hydrogen-bond acceptors (Lipinski definition) is 1. The molecule has 0 amide bonds. The van der Waals surface area contributed by atoms with Crippen LogP contribution < -0.4 is 0 Å². The van der Waals surface area contributed by atoms with Crippen molar-refractivity contribution in [3.8, 4) is 0 Å². The summed E-state index contributed by atoms with van der Waals surface area (Å²) in [5.74, 6) is 0. The summed E-state index contributed by atoms with van der Waals surface area (Å²) >= 11 is 1.89. The normalized spacial score (nSPS) is 18.9. The molecule has 0 saturated heterocycles. The number of allylic oxidation sites excluding steroid dienone is 5. The third-order valence-electron chi connectivity index (χ3n) is 3.08. The van der Waals surface area contributed by atoms with Crippen LogP contribution in [0.25, 0.3) is 0 Å². The van der Waals surface area contributed by atoms with Crippen LogP contribution in [-0.2, 0) is 6.42 Å². The molecule has 0 aliphatic carbocycles. The zero-order valence-corrected chi connectivity index (χ0v) is 11.5. The van der Waals surface area contributed by atoms with Crippen LogP contribution in [0.3, 0.4) is 0 Å². The van der Waals surface area contributed by atoms with E-state index in [0.29, 0.717) is 5.25 Å². The van der Waals surface area contributed by atoms with Gasteiger partial charge in [0.2, 0.25) is 0 Å². The molecule has 0 spiro atoms. The first-order valence-corrected chi connectivity index (χ1v) is 7.03. The molecule has 1 atom stereocenters. The molecule has 1 heterocycles. The summed E-state index contributed by atoms with van der Waals surface area (Å²) in [4.78, 5) is 1.36. The summed E-state index contributed by atoms with van der Waals surface area (Å²) in [7, 11) is 0.